The molecule has 144 valence electrons. The maximum absolute atomic E-state index is 12.7. The van der Waals surface area contributed by atoms with E-state index in [-0.39, 0.29) is 52.4 Å². The Labute approximate surface area is 158 Å². The number of phenols is 1. The van der Waals surface area contributed by atoms with Crippen molar-refractivity contribution in [3.05, 3.63) is 22.2 Å². The molecule has 2 N–H and O–H groups in total. The number of ketones is 1. The number of aliphatic hydroxyl groups is 1. The lowest BCUT2D eigenvalue weighted by Gasteiger charge is -2.19. The Morgan fingerprint density at radius 3 is 2.62 bits per heavy atom. The number of methoxy groups -OCH3 is 1. The van der Waals surface area contributed by atoms with Gasteiger partial charge in [0.15, 0.2) is 0 Å². The summed E-state index contributed by atoms with van der Waals surface area (Å²) in [5.74, 6) is -1.10. The highest BCUT2D eigenvalue weighted by molar-refractivity contribution is 6.33. The number of benzene rings is 1. The molecular formula is C19H25ClO6. The SMILES string of the molecule is COc1cc(O)c(Cl)c2c1C(=O)O[C@@H](C)CCCCC[C@H](O)CC(=O)C2. The van der Waals surface area contributed by atoms with Crippen molar-refractivity contribution in [2.45, 2.75) is 64.1 Å². The summed E-state index contributed by atoms with van der Waals surface area (Å²) in [5.41, 5.74) is 0.206. The molecule has 1 heterocycles. The first-order chi connectivity index (χ1) is 12.3. The predicted molar refractivity (Wildman–Crippen MR) is 97.0 cm³/mol. The third-order valence-electron chi connectivity index (χ3n) is 4.52. The van der Waals surface area contributed by atoms with E-state index in [0.29, 0.717) is 12.8 Å². The van der Waals surface area contributed by atoms with Crippen molar-refractivity contribution in [3.8, 4) is 11.5 Å². The zero-order valence-corrected chi connectivity index (χ0v) is 15.8. The Morgan fingerprint density at radius 2 is 1.92 bits per heavy atom. The van der Waals surface area contributed by atoms with Crippen molar-refractivity contribution < 1.29 is 29.3 Å². The summed E-state index contributed by atoms with van der Waals surface area (Å²) in [6.07, 6.45) is 2.54. The fourth-order valence-electron chi connectivity index (χ4n) is 3.15. The molecule has 2 rings (SSSR count). The van der Waals surface area contributed by atoms with Gasteiger partial charge in [0.2, 0.25) is 0 Å². The fraction of sp³-hybridized carbons (Fsp3) is 0.579. The number of fused-ring (bicyclic) bond motifs is 1. The van der Waals surface area contributed by atoms with Crippen LogP contribution in [-0.4, -0.2) is 41.3 Å². The number of hydrogen-bond acceptors (Lipinski definition) is 6. The molecule has 0 fully saturated rings. The number of aliphatic hydroxyl groups excluding tert-OH is 1. The average molecular weight is 385 g/mol. The van der Waals surface area contributed by atoms with Crippen molar-refractivity contribution in [3.63, 3.8) is 0 Å². The zero-order chi connectivity index (χ0) is 19.3. The monoisotopic (exact) mass is 384 g/mol. The molecule has 0 saturated carbocycles. The van der Waals surface area contributed by atoms with E-state index in [1.54, 1.807) is 6.92 Å². The Bertz CT molecular complexity index is 672. The van der Waals surface area contributed by atoms with Gasteiger partial charge in [-0.2, -0.15) is 0 Å². The molecule has 2 atom stereocenters. The summed E-state index contributed by atoms with van der Waals surface area (Å²) in [6, 6.07) is 1.23. The van der Waals surface area contributed by atoms with Crippen LogP contribution in [0.4, 0.5) is 0 Å². The number of hydrogen-bond donors (Lipinski definition) is 2. The normalized spacial score (nSPS) is 22.9. The lowest BCUT2D eigenvalue weighted by Crippen LogP contribution is -2.21. The Morgan fingerprint density at radius 1 is 1.23 bits per heavy atom. The zero-order valence-electron chi connectivity index (χ0n) is 15.1. The van der Waals surface area contributed by atoms with E-state index in [1.165, 1.54) is 13.2 Å². The van der Waals surface area contributed by atoms with Crippen molar-refractivity contribution in [2.75, 3.05) is 7.11 Å². The average Bonchev–Trinajstić information content (AvgIpc) is 2.57. The molecule has 0 aliphatic carbocycles. The third kappa shape index (κ3) is 5.11. The molecule has 26 heavy (non-hydrogen) atoms. The molecular weight excluding hydrogens is 360 g/mol. The van der Waals surface area contributed by atoms with E-state index >= 15 is 0 Å². The molecule has 1 aromatic carbocycles. The van der Waals surface area contributed by atoms with Gasteiger partial charge >= 0.3 is 5.97 Å². The van der Waals surface area contributed by atoms with Gasteiger partial charge < -0.3 is 19.7 Å². The van der Waals surface area contributed by atoms with Crippen LogP contribution >= 0.6 is 11.6 Å². The molecule has 0 radical (unpaired) electrons. The van der Waals surface area contributed by atoms with Crippen LogP contribution in [0.1, 0.15) is 61.4 Å². The van der Waals surface area contributed by atoms with Gasteiger partial charge in [0.1, 0.15) is 22.8 Å². The van der Waals surface area contributed by atoms with Crippen LogP contribution in [0.5, 0.6) is 11.5 Å². The van der Waals surface area contributed by atoms with Crippen molar-refractivity contribution in [2.24, 2.45) is 0 Å². The van der Waals surface area contributed by atoms with Crippen molar-refractivity contribution >= 4 is 23.4 Å². The molecule has 0 saturated heterocycles. The van der Waals surface area contributed by atoms with Gasteiger partial charge in [-0.3, -0.25) is 4.79 Å². The van der Waals surface area contributed by atoms with Gasteiger partial charge in [-0.25, -0.2) is 4.79 Å². The van der Waals surface area contributed by atoms with E-state index in [0.717, 1.165) is 19.3 Å². The minimum atomic E-state index is -0.726. The number of Topliss-reactive ketones (excluding diaryl/α,β-unsaturated/α-hetero) is 1. The molecule has 0 bridgehead atoms. The largest absolute Gasteiger partial charge is 0.506 e. The lowest BCUT2D eigenvalue weighted by molar-refractivity contribution is -0.120. The number of carbonyl (C=O) groups is 2. The quantitative estimate of drug-likeness (QED) is 0.720. The van der Waals surface area contributed by atoms with Gasteiger partial charge in [0, 0.05) is 24.5 Å². The second-order valence-corrected chi connectivity index (χ2v) is 7.07. The highest BCUT2D eigenvalue weighted by Crippen LogP contribution is 2.38. The number of esters is 1. The van der Waals surface area contributed by atoms with E-state index in [9.17, 15) is 19.8 Å². The summed E-state index contributed by atoms with van der Waals surface area (Å²) in [5, 5.41) is 20.0. The highest BCUT2D eigenvalue weighted by atomic mass is 35.5. The minimum Gasteiger partial charge on any atom is -0.506 e. The number of ether oxygens (including phenoxy) is 2. The Balaban J connectivity index is 2.46. The first-order valence-electron chi connectivity index (χ1n) is 8.82. The van der Waals surface area contributed by atoms with Crippen LogP contribution in [0.15, 0.2) is 6.07 Å². The summed E-state index contributed by atoms with van der Waals surface area (Å²) in [7, 11) is 1.36. The molecule has 1 aromatic rings. The second-order valence-electron chi connectivity index (χ2n) is 6.69. The minimum absolute atomic E-state index is 0.0286. The smallest absolute Gasteiger partial charge is 0.342 e. The van der Waals surface area contributed by atoms with Gasteiger partial charge in [-0.05, 0) is 26.2 Å². The first-order valence-corrected chi connectivity index (χ1v) is 9.20. The number of halogens is 1. The summed E-state index contributed by atoms with van der Waals surface area (Å²) < 4.78 is 10.7. The predicted octanol–water partition coefficient (Wildman–Crippen LogP) is 3.43. The van der Waals surface area contributed by atoms with E-state index in [2.05, 4.69) is 0 Å². The highest BCUT2D eigenvalue weighted by Gasteiger charge is 2.27. The van der Waals surface area contributed by atoms with E-state index in [1.807, 2.05) is 0 Å². The maximum atomic E-state index is 12.7. The van der Waals surface area contributed by atoms with E-state index in [4.69, 9.17) is 21.1 Å². The van der Waals surface area contributed by atoms with Crippen molar-refractivity contribution in [1.82, 2.24) is 0 Å². The van der Waals surface area contributed by atoms with Crippen LogP contribution in [0.2, 0.25) is 5.02 Å². The standard InChI is InChI=1S/C19H25ClO6/c1-11-6-4-3-5-7-12(21)8-13(22)9-14-17(19(24)26-11)16(25-2)10-15(23)18(14)20/h10-12,21,23H,3-9H2,1-2H3/t11-,12-/m0/s1. The lowest BCUT2D eigenvalue weighted by atomic mass is 9.96. The van der Waals surface area contributed by atoms with Crippen LogP contribution in [0, 0.1) is 0 Å². The van der Waals surface area contributed by atoms with Gasteiger partial charge in [-0.15, -0.1) is 0 Å². The van der Waals surface area contributed by atoms with Crippen LogP contribution in [0.3, 0.4) is 0 Å². The van der Waals surface area contributed by atoms with Crippen LogP contribution in [0.25, 0.3) is 0 Å². The molecule has 0 aromatic heterocycles. The number of phenolic OH excluding ortho intramolecular Hbond substituents is 1. The first kappa shape index (κ1) is 20.5. The Kier molecular flexibility index (Phi) is 7.29. The van der Waals surface area contributed by atoms with Crippen molar-refractivity contribution in [1.29, 1.82) is 0 Å². The molecule has 0 amide bonds. The molecule has 0 spiro atoms. The number of aromatic hydroxyl groups is 1. The number of carbonyl (C=O) groups excluding carboxylic acids is 2. The molecule has 1 aliphatic rings. The fourth-order valence-corrected chi connectivity index (χ4v) is 3.36. The molecule has 1 aliphatic heterocycles. The summed E-state index contributed by atoms with van der Waals surface area (Å²) in [6.45, 7) is 1.80. The number of rotatable bonds is 1. The molecule has 0 unspecified atom stereocenters. The molecule has 7 heteroatoms. The maximum Gasteiger partial charge on any atom is 0.342 e. The second kappa shape index (κ2) is 9.24. The topological polar surface area (TPSA) is 93.1 Å². The Hall–Kier alpha value is -1.79. The van der Waals surface area contributed by atoms with Crippen LogP contribution < -0.4 is 4.74 Å². The van der Waals surface area contributed by atoms with E-state index < -0.39 is 12.1 Å². The number of cyclic esters (lactones) is 1. The summed E-state index contributed by atoms with van der Waals surface area (Å²) >= 11 is 6.17. The third-order valence-corrected chi connectivity index (χ3v) is 4.95. The van der Waals surface area contributed by atoms with Gasteiger partial charge in [0.25, 0.3) is 0 Å². The van der Waals surface area contributed by atoms with Gasteiger partial charge in [-0.1, -0.05) is 24.4 Å². The summed E-state index contributed by atoms with van der Waals surface area (Å²) in [4.78, 5) is 25.1. The van der Waals surface area contributed by atoms with Crippen LogP contribution in [-0.2, 0) is 16.0 Å². The molecule has 6 nitrogen and oxygen atoms in total. The van der Waals surface area contributed by atoms with Gasteiger partial charge in [0.05, 0.1) is 24.3 Å².